The van der Waals surface area contributed by atoms with Crippen LogP contribution in [0.2, 0.25) is 5.02 Å². The normalized spacial score (nSPS) is 11.0. The summed E-state index contributed by atoms with van der Waals surface area (Å²) in [7, 11) is 0. The molecular weight excluding hydrogens is 410 g/mol. The smallest absolute Gasteiger partial charge is 0.267 e. The van der Waals surface area contributed by atoms with Gasteiger partial charge in [-0.1, -0.05) is 35.9 Å². The summed E-state index contributed by atoms with van der Waals surface area (Å²) < 4.78 is 1.46. The van der Waals surface area contributed by atoms with Crippen molar-refractivity contribution in [2.45, 2.75) is 13.5 Å². The van der Waals surface area contributed by atoms with Crippen molar-refractivity contribution >= 4 is 44.9 Å². The van der Waals surface area contributed by atoms with E-state index in [0.717, 1.165) is 5.56 Å². The first-order chi connectivity index (χ1) is 14.0. The number of aromatic hydroxyl groups is 1. The Morgan fingerprint density at radius 3 is 2.66 bits per heavy atom. The van der Waals surface area contributed by atoms with Gasteiger partial charge < -0.3 is 9.67 Å². The van der Waals surface area contributed by atoms with Gasteiger partial charge in [0.05, 0.1) is 11.2 Å². The fraction of sp³-hybridized carbons (Fsp3) is 0.0952. The van der Waals surface area contributed by atoms with Gasteiger partial charge in [-0.15, -0.1) is 11.3 Å². The Morgan fingerprint density at radius 1 is 1.21 bits per heavy atom. The van der Waals surface area contributed by atoms with Crippen LogP contribution in [0.25, 0.3) is 22.2 Å². The van der Waals surface area contributed by atoms with E-state index in [-0.39, 0.29) is 11.3 Å². The number of hydrogen-bond acceptors (Lipinski definition) is 5. The summed E-state index contributed by atoms with van der Waals surface area (Å²) in [5.74, 6) is -1.03. The third kappa shape index (κ3) is 3.50. The van der Waals surface area contributed by atoms with E-state index in [2.05, 4.69) is 10.3 Å². The molecule has 0 radical (unpaired) electrons. The summed E-state index contributed by atoms with van der Waals surface area (Å²) in [4.78, 5) is 30.1. The molecule has 0 saturated heterocycles. The summed E-state index contributed by atoms with van der Waals surface area (Å²) >= 11 is 7.14. The van der Waals surface area contributed by atoms with E-state index in [9.17, 15) is 14.7 Å². The van der Waals surface area contributed by atoms with Crippen molar-refractivity contribution in [2.24, 2.45) is 0 Å². The van der Waals surface area contributed by atoms with Crippen molar-refractivity contribution in [3.8, 4) is 17.0 Å². The third-order valence-electron chi connectivity index (χ3n) is 4.55. The molecule has 0 bridgehead atoms. The highest BCUT2D eigenvalue weighted by Gasteiger charge is 2.22. The minimum atomic E-state index is -0.697. The molecule has 0 aliphatic rings. The Balaban J connectivity index is 1.70. The standard InChI is InChI=1S/C21H16ClN3O3S/c1-2-25-16-6-4-3-5-14(16)18(26)17(20(25)28)19(27)24-21-23-15(11-29-21)12-7-9-13(22)10-8-12/h3-11,26H,2H2,1H3,(H,23,24,27). The van der Waals surface area contributed by atoms with Crippen LogP contribution in [0.4, 0.5) is 5.13 Å². The Kier molecular flexibility index (Phi) is 5.08. The molecule has 0 spiro atoms. The monoisotopic (exact) mass is 425 g/mol. The largest absolute Gasteiger partial charge is 0.506 e. The fourth-order valence-corrected chi connectivity index (χ4v) is 3.99. The van der Waals surface area contributed by atoms with E-state index in [1.54, 1.807) is 41.8 Å². The van der Waals surface area contributed by atoms with Crippen molar-refractivity contribution in [1.29, 1.82) is 0 Å². The number of aromatic nitrogens is 2. The molecule has 2 aromatic heterocycles. The molecular formula is C21H16ClN3O3S. The second kappa shape index (κ2) is 7.69. The summed E-state index contributed by atoms with van der Waals surface area (Å²) in [6.45, 7) is 2.18. The zero-order valence-corrected chi connectivity index (χ0v) is 16.9. The van der Waals surface area contributed by atoms with Crippen molar-refractivity contribution in [1.82, 2.24) is 9.55 Å². The van der Waals surface area contributed by atoms with Crippen LogP contribution in [0.1, 0.15) is 17.3 Å². The summed E-state index contributed by atoms with van der Waals surface area (Å²) in [5, 5.41) is 16.4. The van der Waals surface area contributed by atoms with Crippen molar-refractivity contribution in [2.75, 3.05) is 5.32 Å². The van der Waals surface area contributed by atoms with Crippen LogP contribution in [0, 0.1) is 0 Å². The van der Waals surface area contributed by atoms with Gasteiger partial charge in [-0.2, -0.15) is 0 Å². The topological polar surface area (TPSA) is 84.2 Å². The number of para-hydroxylation sites is 1. The van der Waals surface area contributed by atoms with Crippen LogP contribution in [-0.4, -0.2) is 20.6 Å². The summed E-state index contributed by atoms with van der Waals surface area (Å²) in [6.07, 6.45) is 0. The molecule has 8 heteroatoms. The molecule has 6 nitrogen and oxygen atoms in total. The van der Waals surface area contributed by atoms with Crippen LogP contribution in [0.5, 0.6) is 5.75 Å². The maximum atomic E-state index is 12.8. The number of anilines is 1. The fourth-order valence-electron chi connectivity index (χ4n) is 3.15. The number of nitrogens with one attached hydrogen (secondary N) is 1. The summed E-state index contributed by atoms with van der Waals surface area (Å²) in [6, 6.07) is 14.1. The second-order valence-electron chi connectivity index (χ2n) is 6.29. The van der Waals surface area contributed by atoms with Crippen molar-refractivity contribution in [3.63, 3.8) is 0 Å². The predicted molar refractivity (Wildman–Crippen MR) is 116 cm³/mol. The van der Waals surface area contributed by atoms with Crippen molar-refractivity contribution in [3.05, 3.63) is 74.9 Å². The van der Waals surface area contributed by atoms with Gasteiger partial charge in [0.1, 0.15) is 11.3 Å². The highest BCUT2D eigenvalue weighted by atomic mass is 35.5. The molecule has 2 N–H and O–H groups in total. The maximum Gasteiger partial charge on any atom is 0.267 e. The quantitative estimate of drug-likeness (QED) is 0.494. The molecule has 1 amide bonds. The lowest BCUT2D eigenvalue weighted by molar-refractivity contribution is 0.102. The molecule has 146 valence electrons. The number of fused-ring (bicyclic) bond motifs is 1. The third-order valence-corrected chi connectivity index (χ3v) is 5.56. The van der Waals surface area contributed by atoms with Crippen LogP contribution < -0.4 is 10.9 Å². The molecule has 2 heterocycles. The Bertz CT molecular complexity index is 1280. The summed E-state index contributed by atoms with van der Waals surface area (Å²) in [5.41, 5.74) is 1.27. The highest BCUT2D eigenvalue weighted by Crippen LogP contribution is 2.29. The van der Waals surface area contributed by atoms with Crippen LogP contribution in [-0.2, 0) is 6.54 Å². The average Bonchev–Trinajstić information content (AvgIpc) is 3.17. The van der Waals surface area contributed by atoms with E-state index < -0.39 is 11.5 Å². The van der Waals surface area contributed by atoms with Gasteiger partial charge in [0.25, 0.3) is 11.5 Å². The number of rotatable bonds is 4. The average molecular weight is 426 g/mol. The number of hydrogen-bond donors (Lipinski definition) is 2. The van der Waals surface area contributed by atoms with Gasteiger partial charge in [0, 0.05) is 27.9 Å². The number of amides is 1. The number of benzene rings is 2. The Labute approximate surface area is 175 Å². The number of pyridine rings is 1. The molecule has 4 rings (SSSR count). The first kappa shape index (κ1) is 19.2. The SMILES string of the molecule is CCn1c(=O)c(C(=O)Nc2nc(-c3ccc(Cl)cc3)cs2)c(O)c2ccccc21. The lowest BCUT2D eigenvalue weighted by Crippen LogP contribution is -2.29. The van der Waals surface area contributed by atoms with Crippen molar-refractivity contribution < 1.29 is 9.90 Å². The molecule has 0 aliphatic heterocycles. The van der Waals surface area contributed by atoms with Crippen LogP contribution in [0.3, 0.4) is 0 Å². The van der Waals surface area contributed by atoms with Crippen LogP contribution >= 0.6 is 22.9 Å². The minimum absolute atomic E-state index is 0.297. The van der Waals surface area contributed by atoms with Gasteiger partial charge in [-0.3, -0.25) is 14.9 Å². The number of carbonyl (C=O) groups is 1. The number of nitrogens with zero attached hydrogens (tertiary/aromatic N) is 2. The number of carbonyl (C=O) groups excluding carboxylic acids is 1. The molecule has 2 aromatic carbocycles. The van der Waals surface area contributed by atoms with E-state index in [4.69, 9.17) is 11.6 Å². The van der Waals surface area contributed by atoms with Gasteiger partial charge in [-0.25, -0.2) is 4.98 Å². The van der Waals surface area contributed by atoms with Gasteiger partial charge in [0.15, 0.2) is 5.13 Å². The zero-order chi connectivity index (χ0) is 20.5. The lowest BCUT2D eigenvalue weighted by atomic mass is 10.1. The number of aryl methyl sites for hydroxylation is 1. The molecule has 0 aliphatic carbocycles. The van der Waals surface area contributed by atoms with E-state index >= 15 is 0 Å². The van der Waals surface area contributed by atoms with Gasteiger partial charge in [-0.05, 0) is 31.2 Å². The molecule has 4 aromatic rings. The highest BCUT2D eigenvalue weighted by molar-refractivity contribution is 7.14. The maximum absolute atomic E-state index is 12.8. The Morgan fingerprint density at radius 2 is 1.93 bits per heavy atom. The first-order valence-electron chi connectivity index (χ1n) is 8.87. The molecule has 0 unspecified atom stereocenters. The van der Waals surface area contributed by atoms with E-state index in [1.165, 1.54) is 15.9 Å². The van der Waals surface area contributed by atoms with Gasteiger partial charge in [0.2, 0.25) is 0 Å². The van der Waals surface area contributed by atoms with E-state index in [1.807, 2.05) is 19.1 Å². The first-order valence-corrected chi connectivity index (χ1v) is 10.1. The molecule has 0 saturated carbocycles. The molecule has 29 heavy (non-hydrogen) atoms. The van der Waals surface area contributed by atoms with Gasteiger partial charge >= 0.3 is 0 Å². The molecule has 0 atom stereocenters. The predicted octanol–water partition coefficient (Wildman–Crippen LogP) is 4.76. The minimum Gasteiger partial charge on any atom is -0.506 e. The number of thiazole rings is 1. The zero-order valence-electron chi connectivity index (χ0n) is 15.3. The number of halogens is 1. The lowest BCUT2D eigenvalue weighted by Gasteiger charge is -2.13. The van der Waals surface area contributed by atoms with E-state index in [0.29, 0.717) is 33.3 Å². The second-order valence-corrected chi connectivity index (χ2v) is 7.58. The van der Waals surface area contributed by atoms with Crippen LogP contribution in [0.15, 0.2) is 58.7 Å². The Hall–Kier alpha value is -3.16. The molecule has 0 fully saturated rings.